The molecule has 2 aromatic rings. The first kappa shape index (κ1) is 16.9. The number of nitrogens with zero attached hydrogens (tertiary/aromatic N) is 2. The summed E-state index contributed by atoms with van der Waals surface area (Å²) >= 11 is 0. The van der Waals surface area contributed by atoms with Gasteiger partial charge in [0.05, 0.1) is 39.1 Å². The standard InChI is InChI=1S/C21H24N2O3/c1-25-16-6-3-14(4-7-16)21-19-9-5-15-13-17(26-2)8-10-18(15)20(19)22-23(21)11-12-24/h3-4,6-8,10,13,19,21,24H,5,9,11-12H2,1-2H3. The van der Waals surface area contributed by atoms with Crippen LogP contribution in [-0.2, 0) is 6.42 Å². The van der Waals surface area contributed by atoms with E-state index in [1.807, 2.05) is 23.2 Å². The van der Waals surface area contributed by atoms with E-state index < -0.39 is 0 Å². The monoisotopic (exact) mass is 352 g/mol. The summed E-state index contributed by atoms with van der Waals surface area (Å²) < 4.78 is 10.7. The summed E-state index contributed by atoms with van der Waals surface area (Å²) in [4.78, 5) is 0. The lowest BCUT2D eigenvalue weighted by molar-refractivity contribution is 0.152. The maximum atomic E-state index is 9.52. The van der Waals surface area contributed by atoms with Crippen LogP contribution in [0.15, 0.2) is 47.6 Å². The number of fused-ring (bicyclic) bond motifs is 3. The second-order valence-electron chi connectivity index (χ2n) is 6.76. The molecule has 0 aromatic heterocycles. The Morgan fingerprint density at radius 2 is 1.81 bits per heavy atom. The van der Waals surface area contributed by atoms with Gasteiger partial charge in [-0.15, -0.1) is 0 Å². The van der Waals surface area contributed by atoms with Crippen LogP contribution in [0.3, 0.4) is 0 Å². The second kappa shape index (κ2) is 7.00. The van der Waals surface area contributed by atoms with Crippen LogP contribution in [0.4, 0.5) is 0 Å². The van der Waals surface area contributed by atoms with Crippen molar-refractivity contribution in [3.05, 3.63) is 59.2 Å². The maximum absolute atomic E-state index is 9.52. The number of ether oxygens (including phenoxy) is 2. The van der Waals surface area contributed by atoms with E-state index in [1.54, 1.807) is 14.2 Å². The van der Waals surface area contributed by atoms with Gasteiger partial charge >= 0.3 is 0 Å². The Morgan fingerprint density at radius 1 is 1.08 bits per heavy atom. The van der Waals surface area contributed by atoms with Gasteiger partial charge in [0.1, 0.15) is 11.5 Å². The molecule has 0 saturated carbocycles. The Kier molecular flexibility index (Phi) is 4.55. The van der Waals surface area contributed by atoms with Gasteiger partial charge in [-0.1, -0.05) is 12.1 Å². The fourth-order valence-corrected chi connectivity index (χ4v) is 4.14. The molecular formula is C21H24N2O3. The minimum atomic E-state index is 0.0889. The summed E-state index contributed by atoms with van der Waals surface area (Å²) in [7, 11) is 3.37. The number of hydrogen-bond acceptors (Lipinski definition) is 5. The molecule has 26 heavy (non-hydrogen) atoms. The summed E-state index contributed by atoms with van der Waals surface area (Å²) in [6.45, 7) is 0.619. The highest BCUT2D eigenvalue weighted by molar-refractivity contribution is 6.05. The highest BCUT2D eigenvalue weighted by atomic mass is 16.5. The third-order valence-electron chi connectivity index (χ3n) is 5.39. The van der Waals surface area contributed by atoms with Crippen LogP contribution in [0, 0.1) is 5.92 Å². The number of aliphatic hydroxyl groups excluding tert-OH is 1. The molecule has 5 nitrogen and oxygen atoms in total. The van der Waals surface area contributed by atoms with Crippen molar-refractivity contribution in [1.82, 2.24) is 5.01 Å². The van der Waals surface area contributed by atoms with Crippen molar-refractivity contribution in [2.75, 3.05) is 27.4 Å². The molecule has 1 aliphatic carbocycles. The zero-order valence-corrected chi connectivity index (χ0v) is 15.2. The molecule has 4 rings (SSSR count). The predicted octanol–water partition coefficient (Wildman–Crippen LogP) is 3.02. The van der Waals surface area contributed by atoms with Crippen LogP contribution < -0.4 is 9.47 Å². The fourth-order valence-electron chi connectivity index (χ4n) is 4.14. The van der Waals surface area contributed by atoms with Gasteiger partial charge in [0.2, 0.25) is 0 Å². The lowest BCUT2D eigenvalue weighted by Gasteiger charge is -2.30. The predicted molar refractivity (Wildman–Crippen MR) is 101 cm³/mol. The Hall–Kier alpha value is -2.53. The van der Waals surface area contributed by atoms with Gasteiger partial charge in [-0.2, -0.15) is 5.10 Å². The zero-order valence-electron chi connectivity index (χ0n) is 15.2. The van der Waals surface area contributed by atoms with Crippen molar-refractivity contribution in [3.8, 4) is 11.5 Å². The fraction of sp³-hybridized carbons (Fsp3) is 0.381. The molecule has 0 bridgehead atoms. The molecule has 2 aliphatic rings. The summed E-state index contributed by atoms with van der Waals surface area (Å²) in [5.41, 5.74) is 4.84. The number of aliphatic hydroxyl groups is 1. The van der Waals surface area contributed by atoms with Crippen molar-refractivity contribution in [1.29, 1.82) is 0 Å². The summed E-state index contributed by atoms with van der Waals surface area (Å²) in [5.74, 6) is 2.07. The maximum Gasteiger partial charge on any atom is 0.119 e. The molecule has 1 aliphatic heterocycles. The number of aryl methyl sites for hydroxylation is 1. The van der Waals surface area contributed by atoms with Gasteiger partial charge in [-0.25, -0.2) is 0 Å². The average molecular weight is 352 g/mol. The summed E-state index contributed by atoms with van der Waals surface area (Å²) in [6, 6.07) is 14.6. The first-order valence-electron chi connectivity index (χ1n) is 9.02. The third kappa shape index (κ3) is 2.82. The third-order valence-corrected chi connectivity index (χ3v) is 5.39. The molecule has 0 amide bonds. The van der Waals surface area contributed by atoms with Gasteiger partial charge in [0, 0.05) is 11.5 Å². The van der Waals surface area contributed by atoms with E-state index in [0.29, 0.717) is 12.5 Å². The molecule has 2 aromatic carbocycles. The number of hydrazone groups is 1. The molecule has 1 N–H and O–H groups in total. The van der Waals surface area contributed by atoms with Crippen molar-refractivity contribution < 1.29 is 14.6 Å². The van der Waals surface area contributed by atoms with E-state index in [9.17, 15) is 5.11 Å². The first-order valence-corrected chi connectivity index (χ1v) is 9.02. The SMILES string of the molecule is COc1ccc(C2C3CCc4cc(OC)ccc4C3=NN2CCO)cc1. The minimum absolute atomic E-state index is 0.0889. The molecule has 0 fully saturated rings. The van der Waals surface area contributed by atoms with Crippen molar-refractivity contribution in [3.63, 3.8) is 0 Å². The average Bonchev–Trinajstić information content (AvgIpc) is 3.06. The molecule has 136 valence electrons. The van der Waals surface area contributed by atoms with Crippen LogP contribution in [0.2, 0.25) is 0 Å². The van der Waals surface area contributed by atoms with Crippen LogP contribution in [0.25, 0.3) is 0 Å². The highest BCUT2D eigenvalue weighted by Crippen LogP contribution is 2.43. The van der Waals surface area contributed by atoms with Gasteiger partial charge in [-0.05, 0) is 54.3 Å². The van der Waals surface area contributed by atoms with Gasteiger partial charge in [0.15, 0.2) is 0 Å². The molecule has 1 heterocycles. The smallest absolute Gasteiger partial charge is 0.119 e. The Balaban J connectivity index is 1.71. The van der Waals surface area contributed by atoms with E-state index in [2.05, 4.69) is 24.3 Å². The largest absolute Gasteiger partial charge is 0.497 e. The van der Waals surface area contributed by atoms with E-state index in [1.165, 1.54) is 16.7 Å². The Morgan fingerprint density at radius 3 is 2.50 bits per heavy atom. The van der Waals surface area contributed by atoms with Crippen LogP contribution in [0.5, 0.6) is 11.5 Å². The lowest BCUT2D eigenvalue weighted by Crippen LogP contribution is -2.30. The van der Waals surface area contributed by atoms with E-state index in [-0.39, 0.29) is 12.6 Å². The number of β-amino-alcohol motifs (C(OH)–C–C–N with tert-alkyl or cyclic N) is 1. The van der Waals surface area contributed by atoms with Crippen molar-refractivity contribution in [2.45, 2.75) is 18.9 Å². The highest BCUT2D eigenvalue weighted by Gasteiger charge is 2.41. The topological polar surface area (TPSA) is 54.3 Å². The van der Waals surface area contributed by atoms with Gasteiger partial charge in [-0.3, -0.25) is 5.01 Å². The van der Waals surface area contributed by atoms with Crippen LogP contribution >= 0.6 is 0 Å². The first-order chi connectivity index (χ1) is 12.7. The minimum Gasteiger partial charge on any atom is -0.497 e. The number of hydrogen-bond donors (Lipinski definition) is 1. The Labute approximate surface area is 153 Å². The molecule has 5 heteroatoms. The summed E-state index contributed by atoms with van der Waals surface area (Å²) in [6.07, 6.45) is 2.05. The quantitative estimate of drug-likeness (QED) is 0.899. The second-order valence-corrected chi connectivity index (χ2v) is 6.76. The molecule has 0 radical (unpaired) electrons. The molecule has 2 unspecified atom stereocenters. The van der Waals surface area contributed by atoms with Gasteiger partial charge in [0.25, 0.3) is 0 Å². The van der Waals surface area contributed by atoms with Gasteiger partial charge < -0.3 is 14.6 Å². The molecule has 0 spiro atoms. The van der Waals surface area contributed by atoms with Crippen molar-refractivity contribution >= 4 is 5.71 Å². The van der Waals surface area contributed by atoms with E-state index in [4.69, 9.17) is 14.6 Å². The molecular weight excluding hydrogens is 328 g/mol. The zero-order chi connectivity index (χ0) is 18.1. The number of benzene rings is 2. The Bertz CT molecular complexity index is 817. The normalized spacial score (nSPS) is 21.0. The lowest BCUT2D eigenvalue weighted by atomic mass is 9.77. The van der Waals surface area contributed by atoms with E-state index in [0.717, 1.165) is 30.1 Å². The van der Waals surface area contributed by atoms with Crippen LogP contribution in [0.1, 0.15) is 29.2 Å². The summed E-state index contributed by atoms with van der Waals surface area (Å²) in [5, 5.41) is 16.5. The number of rotatable bonds is 5. The van der Waals surface area contributed by atoms with E-state index >= 15 is 0 Å². The molecule has 2 atom stereocenters. The van der Waals surface area contributed by atoms with Crippen LogP contribution in [-0.4, -0.2) is 43.2 Å². The molecule has 0 saturated heterocycles. The number of methoxy groups -OCH3 is 2. The van der Waals surface area contributed by atoms with Crippen molar-refractivity contribution in [2.24, 2.45) is 11.0 Å².